The summed E-state index contributed by atoms with van der Waals surface area (Å²) in [7, 11) is 0. The third-order valence-corrected chi connectivity index (χ3v) is 3.45. The van der Waals surface area contributed by atoms with Gasteiger partial charge in [0.2, 0.25) is 5.91 Å². The number of aryl methyl sites for hydroxylation is 1. The molecule has 1 fully saturated rings. The van der Waals surface area contributed by atoms with Gasteiger partial charge in [0.15, 0.2) is 0 Å². The molecule has 2 heterocycles. The van der Waals surface area contributed by atoms with E-state index >= 15 is 0 Å². The maximum atomic E-state index is 12.2. The van der Waals surface area contributed by atoms with Crippen molar-refractivity contribution in [3.8, 4) is 0 Å². The van der Waals surface area contributed by atoms with Gasteiger partial charge >= 0.3 is 0 Å². The van der Waals surface area contributed by atoms with Gasteiger partial charge in [0, 0.05) is 26.1 Å². The van der Waals surface area contributed by atoms with Gasteiger partial charge in [-0.25, -0.2) is 0 Å². The molecule has 1 aromatic rings. The summed E-state index contributed by atoms with van der Waals surface area (Å²) < 4.78 is 5.38. The third-order valence-electron chi connectivity index (χ3n) is 3.45. The standard InChI is InChI=1S/C13H20N2O2/c1-10-4-7-17-12(10)8-11(9-14)13(16)15-5-2-3-6-15/h4,7,11H,2-3,5-6,8-9,14H2,1H3. The van der Waals surface area contributed by atoms with Crippen LogP contribution in [0.4, 0.5) is 0 Å². The molecule has 4 heteroatoms. The first-order valence-corrected chi connectivity index (χ1v) is 6.24. The fourth-order valence-electron chi connectivity index (χ4n) is 2.30. The Morgan fingerprint density at radius 3 is 2.76 bits per heavy atom. The lowest BCUT2D eigenvalue weighted by Gasteiger charge is -2.21. The summed E-state index contributed by atoms with van der Waals surface area (Å²) in [6, 6.07) is 1.92. The summed E-state index contributed by atoms with van der Waals surface area (Å²) in [5.41, 5.74) is 6.81. The summed E-state index contributed by atoms with van der Waals surface area (Å²) in [6.45, 7) is 4.14. The molecule has 0 aliphatic carbocycles. The highest BCUT2D eigenvalue weighted by Gasteiger charge is 2.26. The van der Waals surface area contributed by atoms with Crippen LogP contribution in [0, 0.1) is 12.8 Å². The smallest absolute Gasteiger partial charge is 0.227 e. The normalized spacial score (nSPS) is 17.4. The van der Waals surface area contributed by atoms with Gasteiger partial charge in [-0.05, 0) is 31.4 Å². The molecular formula is C13H20N2O2. The van der Waals surface area contributed by atoms with Crippen LogP contribution in [0.5, 0.6) is 0 Å². The van der Waals surface area contributed by atoms with Gasteiger partial charge in [0.05, 0.1) is 12.2 Å². The van der Waals surface area contributed by atoms with E-state index < -0.39 is 0 Å². The predicted octanol–water partition coefficient (Wildman–Crippen LogP) is 1.33. The molecule has 1 saturated heterocycles. The molecule has 0 radical (unpaired) electrons. The van der Waals surface area contributed by atoms with E-state index in [-0.39, 0.29) is 11.8 Å². The number of amides is 1. The Balaban J connectivity index is 2.01. The molecule has 1 atom stereocenters. The van der Waals surface area contributed by atoms with Crippen molar-refractivity contribution in [3.05, 3.63) is 23.7 Å². The molecule has 0 saturated carbocycles. The van der Waals surface area contributed by atoms with E-state index in [1.54, 1.807) is 6.26 Å². The monoisotopic (exact) mass is 236 g/mol. The zero-order valence-corrected chi connectivity index (χ0v) is 10.3. The van der Waals surface area contributed by atoms with Crippen LogP contribution in [0.1, 0.15) is 24.2 Å². The van der Waals surface area contributed by atoms with Gasteiger partial charge in [-0.15, -0.1) is 0 Å². The number of carbonyl (C=O) groups is 1. The lowest BCUT2D eigenvalue weighted by atomic mass is 10.0. The van der Waals surface area contributed by atoms with Crippen molar-refractivity contribution in [1.29, 1.82) is 0 Å². The van der Waals surface area contributed by atoms with Gasteiger partial charge in [-0.3, -0.25) is 4.79 Å². The van der Waals surface area contributed by atoms with Crippen molar-refractivity contribution in [2.45, 2.75) is 26.2 Å². The number of nitrogens with two attached hydrogens (primary N) is 1. The number of likely N-dealkylation sites (tertiary alicyclic amines) is 1. The highest BCUT2D eigenvalue weighted by Crippen LogP contribution is 2.18. The van der Waals surface area contributed by atoms with Crippen LogP contribution in [0.2, 0.25) is 0 Å². The van der Waals surface area contributed by atoms with Crippen molar-refractivity contribution in [3.63, 3.8) is 0 Å². The van der Waals surface area contributed by atoms with E-state index in [1.165, 1.54) is 0 Å². The van der Waals surface area contributed by atoms with Crippen molar-refractivity contribution < 1.29 is 9.21 Å². The van der Waals surface area contributed by atoms with Crippen LogP contribution in [0.15, 0.2) is 16.7 Å². The fraction of sp³-hybridized carbons (Fsp3) is 0.615. The number of carbonyl (C=O) groups excluding carboxylic acids is 1. The SMILES string of the molecule is Cc1ccoc1CC(CN)C(=O)N1CCCC1. The summed E-state index contributed by atoms with van der Waals surface area (Å²) in [6.07, 6.45) is 4.51. The van der Waals surface area contributed by atoms with Crippen LogP contribution in [-0.2, 0) is 11.2 Å². The van der Waals surface area contributed by atoms with Crippen LogP contribution < -0.4 is 5.73 Å². The Hall–Kier alpha value is -1.29. The molecule has 94 valence electrons. The van der Waals surface area contributed by atoms with E-state index in [2.05, 4.69) is 0 Å². The van der Waals surface area contributed by atoms with Gasteiger partial charge in [-0.2, -0.15) is 0 Å². The zero-order valence-electron chi connectivity index (χ0n) is 10.3. The maximum Gasteiger partial charge on any atom is 0.227 e. The van der Waals surface area contributed by atoms with E-state index in [4.69, 9.17) is 10.2 Å². The molecule has 4 nitrogen and oxygen atoms in total. The first-order valence-electron chi connectivity index (χ1n) is 6.24. The first-order chi connectivity index (χ1) is 8.22. The summed E-state index contributed by atoms with van der Waals surface area (Å²) in [5.74, 6) is 0.923. The molecule has 2 N–H and O–H groups in total. The van der Waals surface area contributed by atoms with E-state index in [0.717, 1.165) is 37.3 Å². The Bertz CT molecular complexity index is 381. The molecule has 0 bridgehead atoms. The number of rotatable bonds is 4. The Morgan fingerprint density at radius 2 is 2.24 bits per heavy atom. The Morgan fingerprint density at radius 1 is 1.53 bits per heavy atom. The largest absolute Gasteiger partial charge is 0.469 e. The molecule has 17 heavy (non-hydrogen) atoms. The number of nitrogens with zero attached hydrogens (tertiary/aromatic N) is 1. The predicted molar refractivity (Wildman–Crippen MR) is 65.5 cm³/mol. The van der Waals surface area contributed by atoms with E-state index in [1.807, 2.05) is 17.9 Å². The molecule has 1 aromatic heterocycles. The second-order valence-electron chi connectivity index (χ2n) is 4.70. The molecule has 1 aliphatic heterocycles. The van der Waals surface area contributed by atoms with Crippen LogP contribution in [0.25, 0.3) is 0 Å². The second-order valence-corrected chi connectivity index (χ2v) is 4.70. The van der Waals surface area contributed by atoms with Crippen molar-refractivity contribution >= 4 is 5.91 Å². The van der Waals surface area contributed by atoms with Crippen molar-refractivity contribution in [2.24, 2.45) is 11.7 Å². The van der Waals surface area contributed by atoms with Crippen molar-refractivity contribution in [2.75, 3.05) is 19.6 Å². The van der Waals surface area contributed by atoms with Gasteiger partial charge in [0.1, 0.15) is 5.76 Å². The summed E-state index contributed by atoms with van der Waals surface area (Å²) in [5, 5.41) is 0. The van der Waals surface area contributed by atoms with E-state index in [9.17, 15) is 4.79 Å². The number of hydrogen-bond acceptors (Lipinski definition) is 3. The third kappa shape index (κ3) is 2.69. The summed E-state index contributed by atoms with van der Waals surface area (Å²) >= 11 is 0. The minimum Gasteiger partial charge on any atom is -0.469 e. The molecule has 1 amide bonds. The van der Waals surface area contributed by atoms with Gasteiger partial charge in [0.25, 0.3) is 0 Å². The zero-order chi connectivity index (χ0) is 12.3. The van der Waals surface area contributed by atoms with Gasteiger partial charge < -0.3 is 15.1 Å². The molecular weight excluding hydrogens is 216 g/mol. The van der Waals surface area contributed by atoms with Gasteiger partial charge in [-0.1, -0.05) is 0 Å². The molecule has 1 aliphatic rings. The highest BCUT2D eigenvalue weighted by atomic mass is 16.3. The number of furan rings is 1. The quantitative estimate of drug-likeness (QED) is 0.858. The van der Waals surface area contributed by atoms with E-state index in [0.29, 0.717) is 13.0 Å². The fourth-order valence-corrected chi connectivity index (χ4v) is 2.30. The van der Waals surface area contributed by atoms with Crippen molar-refractivity contribution in [1.82, 2.24) is 4.90 Å². The average molecular weight is 236 g/mol. The molecule has 0 aromatic carbocycles. The highest BCUT2D eigenvalue weighted by molar-refractivity contribution is 5.79. The first kappa shape index (κ1) is 12.2. The van der Waals surface area contributed by atoms with Crippen LogP contribution in [0.3, 0.4) is 0 Å². The lowest BCUT2D eigenvalue weighted by molar-refractivity contribution is -0.134. The molecule has 0 spiro atoms. The Labute approximate surface area is 102 Å². The summed E-state index contributed by atoms with van der Waals surface area (Å²) in [4.78, 5) is 14.1. The van der Waals surface area contributed by atoms with Crippen LogP contribution in [-0.4, -0.2) is 30.4 Å². The Kier molecular flexibility index (Phi) is 3.84. The molecule has 1 unspecified atom stereocenters. The second kappa shape index (κ2) is 5.36. The minimum atomic E-state index is -0.141. The minimum absolute atomic E-state index is 0.141. The van der Waals surface area contributed by atoms with Crippen LogP contribution >= 0.6 is 0 Å². The topological polar surface area (TPSA) is 59.5 Å². The molecule has 2 rings (SSSR count). The number of hydrogen-bond donors (Lipinski definition) is 1. The lowest BCUT2D eigenvalue weighted by Crippen LogP contribution is -2.38. The average Bonchev–Trinajstić information content (AvgIpc) is 2.97. The maximum absolute atomic E-state index is 12.2.